The summed E-state index contributed by atoms with van der Waals surface area (Å²) in [5.74, 6) is -3.12. The van der Waals surface area contributed by atoms with Gasteiger partial charge in [0.1, 0.15) is 56.7 Å². The van der Waals surface area contributed by atoms with Crippen molar-refractivity contribution in [3.05, 3.63) is 146 Å². The van der Waals surface area contributed by atoms with Crippen molar-refractivity contribution in [2.75, 3.05) is 35.8 Å². The van der Waals surface area contributed by atoms with Gasteiger partial charge in [0.05, 0.1) is 54.1 Å². The molecule has 0 atom stereocenters. The Balaban J connectivity index is 0.000000144. The largest absolute Gasteiger partial charge is 0.507 e. The molecule has 0 unspecified atom stereocenters. The molecule has 0 spiro atoms. The number of phenols is 3. The van der Waals surface area contributed by atoms with E-state index in [1.54, 1.807) is 80.0 Å². The Morgan fingerprint density at radius 2 is 0.743 bits per heavy atom. The zero-order valence-corrected chi connectivity index (χ0v) is 64.3. The Hall–Kier alpha value is -10.9. The van der Waals surface area contributed by atoms with E-state index in [0.717, 1.165) is 38.5 Å². The Bertz CT molecular complexity index is 5340. The lowest BCUT2D eigenvalue weighted by Crippen LogP contribution is -2.62. The highest BCUT2D eigenvalue weighted by Crippen LogP contribution is 2.42. The molecule has 0 bridgehead atoms. The van der Waals surface area contributed by atoms with Crippen LogP contribution in [0, 0.1) is 29.1 Å². The fourth-order valence-electron chi connectivity index (χ4n) is 16.6. The summed E-state index contributed by atoms with van der Waals surface area (Å²) in [5, 5.41) is 69.2. The standard InChI is InChI=1S/C27H31F2N7O.C27H32FN7O.C26H29F2N7O/c1-26(2)11-16(12-27(3,4)34-26)36(6)25-30-13-20(32-33-25)17-8-7-15(9-21(17)37)18-10-19-24(23(29)22(18)28)35(5)14-31-19;1-26(2)12-18(13-27(3,4)33-26)35(6)25-29-14-22(31-32-25)19-8-7-16(11-23(19)36)17-9-20(28)24-21(10-17)30-15-34(24)5;1-25(2)10-15(11-26(3,4)34-25)35(5)24-29-12-19(32-33-24)16-7-6-14(8-20(16)36)17-9-18-23(31-13-30-18)22(28)21(17)27/h7-10,13-14,16,34,37H,11-12H2,1-6H3;7-11,14-15,18,33,36H,12-13H2,1-6H3;6-9,12-13,15,34,36H,10-11H2,1-5H3,(H,30,31). The van der Waals surface area contributed by atoms with Crippen LogP contribution in [-0.4, -0.2) is 162 Å². The molecule has 12 aromatic rings. The van der Waals surface area contributed by atoms with E-state index in [4.69, 9.17) is 0 Å². The number of benzene rings is 6. The van der Waals surface area contributed by atoms with E-state index in [9.17, 15) is 37.3 Å². The lowest BCUT2D eigenvalue weighted by Gasteiger charge is -2.48. The van der Waals surface area contributed by atoms with Crippen LogP contribution in [0.3, 0.4) is 0 Å². The van der Waals surface area contributed by atoms with Crippen LogP contribution in [0.25, 0.3) is 100 Å². The molecule has 6 aromatic carbocycles. The Kier molecular flexibility index (Phi) is 20.0. The number of aromatic nitrogens is 15. The van der Waals surface area contributed by atoms with Crippen LogP contribution in [0.5, 0.6) is 17.2 Å². The number of phenolic OH excluding ortho intramolecular Hbond substituents is 3. The first-order valence-corrected chi connectivity index (χ1v) is 36.1. The van der Waals surface area contributed by atoms with Gasteiger partial charge in [-0.15, -0.1) is 30.6 Å². The van der Waals surface area contributed by atoms with Crippen LogP contribution in [0.15, 0.2) is 116 Å². The summed E-state index contributed by atoms with van der Waals surface area (Å²) in [6.07, 6.45) is 14.7. The van der Waals surface area contributed by atoms with Crippen molar-refractivity contribution >= 4 is 50.9 Å². The molecule has 0 radical (unpaired) electrons. The summed E-state index contributed by atoms with van der Waals surface area (Å²) < 4.78 is 76.3. The second-order valence-corrected chi connectivity index (χ2v) is 33.1. The predicted molar refractivity (Wildman–Crippen MR) is 413 cm³/mol. The van der Waals surface area contributed by atoms with Crippen molar-refractivity contribution in [3.63, 3.8) is 0 Å². The van der Waals surface area contributed by atoms with E-state index >= 15 is 0 Å². The van der Waals surface area contributed by atoms with Crippen LogP contribution in [-0.2, 0) is 14.1 Å². The van der Waals surface area contributed by atoms with Crippen LogP contribution in [0.4, 0.5) is 39.8 Å². The predicted octanol–water partition coefficient (Wildman–Crippen LogP) is 14.3. The second-order valence-electron chi connectivity index (χ2n) is 33.1. The first-order chi connectivity index (χ1) is 51.2. The van der Waals surface area contributed by atoms with E-state index in [1.165, 1.54) is 47.6 Å². The maximum atomic E-state index is 14.9. The monoisotopic (exact) mass is 1490 g/mol. The minimum absolute atomic E-state index is 0.00556. The number of halogens is 5. The van der Waals surface area contributed by atoms with Gasteiger partial charge in [0.15, 0.2) is 23.3 Å². The first-order valence-electron chi connectivity index (χ1n) is 36.1. The molecule has 3 saturated heterocycles. The number of anilines is 3. The summed E-state index contributed by atoms with van der Waals surface area (Å²) >= 11 is 0. The summed E-state index contributed by atoms with van der Waals surface area (Å²) in [5.41, 5.74) is 6.12. The molecular weight excluding hydrogens is 1400 g/mol. The molecule has 15 rings (SSSR count). The number of aromatic hydroxyl groups is 3. The highest BCUT2D eigenvalue weighted by atomic mass is 19.2. The molecule has 7 N–H and O–H groups in total. The number of nitrogens with zero attached hydrogens (tertiary/aromatic N) is 17. The molecule has 9 heterocycles. The van der Waals surface area contributed by atoms with Gasteiger partial charge in [-0.2, -0.15) is 0 Å². The fourth-order valence-corrected chi connectivity index (χ4v) is 16.6. The maximum absolute atomic E-state index is 14.9. The number of imidazole rings is 3. The Morgan fingerprint density at radius 1 is 0.385 bits per heavy atom. The van der Waals surface area contributed by atoms with Gasteiger partial charge >= 0.3 is 0 Å². The summed E-state index contributed by atoms with van der Waals surface area (Å²) in [6.45, 7) is 26.4. The molecule has 24 nitrogen and oxygen atoms in total. The lowest BCUT2D eigenvalue weighted by molar-refractivity contribution is 0.160. The van der Waals surface area contributed by atoms with Crippen LogP contribution in [0.2, 0.25) is 0 Å². The quantitative estimate of drug-likeness (QED) is 0.0560. The fraction of sp³-hybridized carbons (Fsp3) is 0.400. The Labute approximate surface area is 628 Å². The molecule has 570 valence electrons. The summed E-state index contributed by atoms with van der Waals surface area (Å²) in [6, 6.07) is 21.2. The summed E-state index contributed by atoms with van der Waals surface area (Å²) in [7, 11) is 9.30. The number of rotatable bonds is 12. The molecule has 0 amide bonds. The van der Waals surface area contributed by atoms with E-state index in [-0.39, 0.29) is 96.6 Å². The minimum atomic E-state index is -1.04. The van der Waals surface area contributed by atoms with Crippen molar-refractivity contribution in [2.45, 2.75) is 173 Å². The normalized spacial score (nSPS) is 17.4. The Morgan fingerprint density at radius 3 is 1.13 bits per heavy atom. The number of piperidine rings is 3. The third kappa shape index (κ3) is 16.0. The van der Waals surface area contributed by atoms with Crippen molar-refractivity contribution in [1.29, 1.82) is 0 Å². The van der Waals surface area contributed by atoms with Crippen molar-refractivity contribution < 1.29 is 37.3 Å². The van der Waals surface area contributed by atoms with E-state index in [0.29, 0.717) is 95.9 Å². The van der Waals surface area contributed by atoms with Crippen LogP contribution < -0.4 is 30.7 Å². The third-order valence-corrected chi connectivity index (χ3v) is 20.8. The van der Waals surface area contributed by atoms with Gasteiger partial charge in [0.2, 0.25) is 17.8 Å². The maximum Gasteiger partial charge on any atom is 0.245 e. The summed E-state index contributed by atoms with van der Waals surface area (Å²) in [4.78, 5) is 34.7. The van der Waals surface area contributed by atoms with Crippen molar-refractivity contribution in [2.24, 2.45) is 14.1 Å². The van der Waals surface area contributed by atoms with Gasteiger partial charge < -0.3 is 60.1 Å². The van der Waals surface area contributed by atoms with Crippen molar-refractivity contribution in [1.82, 2.24) is 90.6 Å². The van der Waals surface area contributed by atoms with Gasteiger partial charge in [-0.25, -0.2) is 51.9 Å². The van der Waals surface area contributed by atoms with E-state index in [1.807, 2.05) is 38.2 Å². The highest BCUT2D eigenvalue weighted by molar-refractivity contribution is 5.87. The van der Waals surface area contributed by atoms with Crippen LogP contribution in [0.1, 0.15) is 122 Å². The zero-order chi connectivity index (χ0) is 78.4. The highest BCUT2D eigenvalue weighted by Gasteiger charge is 2.43. The van der Waals surface area contributed by atoms with E-state index < -0.39 is 23.3 Å². The topological polar surface area (TPSA) is 287 Å². The number of hydrogen-bond donors (Lipinski definition) is 7. The van der Waals surface area contributed by atoms with Gasteiger partial charge in [0, 0.05) is 114 Å². The number of aromatic amines is 1. The molecular formula is C80H92F5N21O3. The average Bonchev–Trinajstić information content (AvgIpc) is 1.72. The van der Waals surface area contributed by atoms with E-state index in [2.05, 4.69) is 174 Å². The second kappa shape index (κ2) is 28.6. The molecule has 3 aliphatic heterocycles. The SMILES string of the molecule is CN(c1ncc(-c2ccc(-c3cc(F)c4c(c3)ncn4C)cc2O)nn1)C1CC(C)(C)NC(C)(C)C1.CN(c1ncc(-c2ccc(-c3cc4[nH]cnc4c(F)c3F)cc2O)nn1)C1CC(C)(C)NC(C)(C)C1.CN(c1ncc(-c2ccc(-c3cc4ncn(C)c4c(F)c3F)cc2O)nn1)C1CC(C)(C)NC(C)(C)C1. The molecule has 29 heteroatoms. The number of fused-ring (bicyclic) bond motifs is 3. The third-order valence-electron chi connectivity index (χ3n) is 20.8. The first kappa shape index (κ1) is 76.3. The molecule has 0 aliphatic carbocycles. The lowest BCUT2D eigenvalue weighted by atomic mass is 9.79. The van der Waals surface area contributed by atoms with Crippen molar-refractivity contribution in [3.8, 4) is 84.4 Å². The molecule has 0 saturated carbocycles. The number of nitrogens with one attached hydrogen (secondary N) is 4. The number of hydrogen-bond acceptors (Lipinski definition) is 21. The molecule has 3 aliphatic rings. The molecule has 6 aromatic heterocycles. The minimum Gasteiger partial charge on any atom is -0.507 e. The molecule has 3 fully saturated rings. The number of H-pyrrole nitrogens is 1. The average molecular weight is 1490 g/mol. The smallest absolute Gasteiger partial charge is 0.245 e. The molecule has 109 heavy (non-hydrogen) atoms. The van der Waals surface area contributed by atoms with Crippen LogP contribution >= 0.6 is 0 Å². The van der Waals surface area contributed by atoms with Gasteiger partial charge in [-0.3, -0.25) is 0 Å². The van der Waals surface area contributed by atoms with Gasteiger partial charge in [-0.1, -0.05) is 18.2 Å². The van der Waals surface area contributed by atoms with Gasteiger partial charge in [0.25, 0.3) is 0 Å². The number of aryl methyl sites for hydroxylation is 2. The van der Waals surface area contributed by atoms with Gasteiger partial charge in [-0.05, 0) is 205 Å². The zero-order valence-electron chi connectivity index (χ0n) is 64.3.